The molecule has 0 heterocycles. The average Bonchev–Trinajstić information content (AvgIpc) is 2.29. The zero-order valence-electron chi connectivity index (χ0n) is 11.8. The molecule has 0 bridgehead atoms. The van der Waals surface area contributed by atoms with Gasteiger partial charge in [0.15, 0.2) is 0 Å². The molecule has 0 fully saturated rings. The molecule has 0 aliphatic heterocycles. The molecule has 0 unspecified atom stereocenters. The molecule has 1 rings (SSSR count). The molecule has 0 spiro atoms. The van der Waals surface area contributed by atoms with Crippen LogP contribution in [0.15, 0.2) is 18.2 Å². The van der Waals surface area contributed by atoms with Crippen LogP contribution in [0, 0.1) is 0 Å². The highest BCUT2D eigenvalue weighted by Crippen LogP contribution is 2.27. The van der Waals surface area contributed by atoms with Gasteiger partial charge in [0.1, 0.15) is 11.4 Å². The Morgan fingerprint density at radius 3 is 2.58 bits per heavy atom. The fourth-order valence-corrected chi connectivity index (χ4v) is 1.66. The van der Waals surface area contributed by atoms with E-state index in [0.29, 0.717) is 17.9 Å². The third-order valence-corrected chi connectivity index (χ3v) is 2.35. The van der Waals surface area contributed by atoms with E-state index in [1.807, 2.05) is 0 Å². The van der Waals surface area contributed by atoms with Gasteiger partial charge < -0.3 is 14.6 Å². The van der Waals surface area contributed by atoms with Gasteiger partial charge in [0.25, 0.3) is 0 Å². The summed E-state index contributed by atoms with van der Waals surface area (Å²) >= 11 is 0. The number of carbonyl (C=O) groups is 1. The fourth-order valence-electron chi connectivity index (χ4n) is 1.66. The lowest BCUT2D eigenvalue weighted by Gasteiger charge is -2.21. The van der Waals surface area contributed by atoms with E-state index in [9.17, 15) is 4.79 Å². The third-order valence-electron chi connectivity index (χ3n) is 2.35. The Bertz CT molecular complexity index is 438. The van der Waals surface area contributed by atoms with E-state index in [2.05, 4.69) is 5.32 Å². The van der Waals surface area contributed by atoms with Crippen LogP contribution in [0.4, 0.5) is 10.5 Å². The van der Waals surface area contributed by atoms with Crippen molar-refractivity contribution >= 4 is 11.8 Å². The van der Waals surface area contributed by atoms with E-state index >= 15 is 0 Å². The van der Waals surface area contributed by atoms with Crippen molar-refractivity contribution in [3.8, 4) is 5.75 Å². The van der Waals surface area contributed by atoms with E-state index < -0.39 is 11.7 Å². The molecule has 5 nitrogen and oxygen atoms in total. The van der Waals surface area contributed by atoms with Gasteiger partial charge in [-0.15, -0.1) is 0 Å². The maximum atomic E-state index is 11.7. The third kappa shape index (κ3) is 4.79. The molecule has 1 aromatic carbocycles. The molecule has 0 atom stereocenters. The second kappa shape index (κ2) is 6.43. The summed E-state index contributed by atoms with van der Waals surface area (Å²) in [7, 11) is 1.55. The Morgan fingerprint density at radius 1 is 1.37 bits per heavy atom. The smallest absolute Gasteiger partial charge is 0.412 e. The molecule has 0 aromatic heterocycles. The molecular weight excluding hydrogens is 246 g/mol. The quantitative estimate of drug-likeness (QED) is 0.879. The number of nitrogens with one attached hydrogen (secondary N) is 1. The van der Waals surface area contributed by atoms with Crippen LogP contribution >= 0.6 is 0 Å². The summed E-state index contributed by atoms with van der Waals surface area (Å²) < 4.78 is 10.4. The highest BCUT2D eigenvalue weighted by Gasteiger charge is 2.18. The lowest BCUT2D eigenvalue weighted by atomic mass is 10.1. The first kappa shape index (κ1) is 15.3. The normalized spacial score (nSPS) is 11.0. The number of methoxy groups -OCH3 is 1. The molecule has 0 radical (unpaired) electrons. The number of benzene rings is 1. The Labute approximate surface area is 113 Å². The number of hydrogen-bond donors (Lipinski definition) is 2. The number of anilines is 1. The molecule has 0 aliphatic rings. The fraction of sp³-hybridized carbons (Fsp3) is 0.500. The van der Waals surface area contributed by atoms with Crippen molar-refractivity contribution < 1.29 is 19.4 Å². The number of aliphatic hydroxyl groups is 1. The number of amides is 1. The van der Waals surface area contributed by atoms with E-state index in [1.54, 1.807) is 46.1 Å². The van der Waals surface area contributed by atoms with Crippen LogP contribution in [0.25, 0.3) is 0 Å². The van der Waals surface area contributed by atoms with Gasteiger partial charge in [0, 0.05) is 18.6 Å². The Morgan fingerprint density at radius 2 is 2.05 bits per heavy atom. The van der Waals surface area contributed by atoms with Gasteiger partial charge in [0.2, 0.25) is 0 Å². The van der Waals surface area contributed by atoms with Gasteiger partial charge in [0.05, 0.1) is 12.8 Å². The van der Waals surface area contributed by atoms with Crippen LogP contribution in [-0.4, -0.2) is 30.5 Å². The first-order chi connectivity index (χ1) is 8.87. The number of ether oxygens (including phenoxy) is 2. The van der Waals surface area contributed by atoms with Crippen LogP contribution < -0.4 is 10.1 Å². The molecule has 0 aliphatic carbocycles. The molecule has 19 heavy (non-hydrogen) atoms. The highest BCUT2D eigenvalue weighted by atomic mass is 16.6. The van der Waals surface area contributed by atoms with Crippen LogP contribution in [0.2, 0.25) is 0 Å². The molecule has 1 amide bonds. The van der Waals surface area contributed by atoms with E-state index in [4.69, 9.17) is 14.6 Å². The van der Waals surface area contributed by atoms with E-state index in [0.717, 1.165) is 5.56 Å². The monoisotopic (exact) mass is 267 g/mol. The summed E-state index contributed by atoms with van der Waals surface area (Å²) in [6.07, 6.45) is -0.130. The Balaban J connectivity index is 2.91. The largest absolute Gasteiger partial charge is 0.496 e. The standard InChI is InChI=1S/C14H21NO4/c1-14(2,3)19-13(17)15-11-6-5-7-12(18-4)10(11)8-9-16/h5-7,16H,8-9H2,1-4H3,(H,15,17). The maximum absolute atomic E-state index is 11.7. The molecule has 0 saturated heterocycles. The summed E-state index contributed by atoms with van der Waals surface area (Å²) in [5.41, 5.74) is 0.779. The summed E-state index contributed by atoms with van der Waals surface area (Å²) in [6.45, 7) is 5.37. The minimum absolute atomic E-state index is 0.0244. The number of hydrogen-bond acceptors (Lipinski definition) is 4. The summed E-state index contributed by atoms with van der Waals surface area (Å²) in [4.78, 5) is 11.7. The first-order valence-corrected chi connectivity index (χ1v) is 6.14. The predicted octanol–water partition coefficient (Wildman–Crippen LogP) is 2.58. The second-order valence-electron chi connectivity index (χ2n) is 5.09. The molecular formula is C14H21NO4. The van der Waals surface area contributed by atoms with Gasteiger partial charge in [-0.2, -0.15) is 0 Å². The van der Waals surface area contributed by atoms with Gasteiger partial charge in [-0.3, -0.25) is 5.32 Å². The summed E-state index contributed by atoms with van der Waals surface area (Å²) in [5, 5.41) is 11.8. The lowest BCUT2D eigenvalue weighted by Crippen LogP contribution is -2.27. The highest BCUT2D eigenvalue weighted by molar-refractivity contribution is 5.86. The molecule has 1 aromatic rings. The SMILES string of the molecule is COc1cccc(NC(=O)OC(C)(C)C)c1CCO. The topological polar surface area (TPSA) is 67.8 Å². The van der Waals surface area contributed by atoms with Crippen molar-refractivity contribution in [2.45, 2.75) is 32.8 Å². The van der Waals surface area contributed by atoms with Gasteiger partial charge >= 0.3 is 6.09 Å². The minimum atomic E-state index is -0.555. The van der Waals surface area contributed by atoms with Crippen LogP contribution in [0.3, 0.4) is 0 Å². The van der Waals surface area contributed by atoms with Crippen molar-refractivity contribution in [3.05, 3.63) is 23.8 Å². The van der Waals surface area contributed by atoms with Crippen LogP contribution in [0.5, 0.6) is 5.75 Å². The summed E-state index contributed by atoms with van der Waals surface area (Å²) in [6, 6.07) is 5.30. The average molecular weight is 267 g/mol. The molecule has 0 saturated carbocycles. The second-order valence-corrected chi connectivity index (χ2v) is 5.09. The molecule has 5 heteroatoms. The van der Waals surface area contributed by atoms with Gasteiger partial charge in [-0.25, -0.2) is 4.79 Å². The van der Waals surface area contributed by atoms with Crippen molar-refractivity contribution in [3.63, 3.8) is 0 Å². The summed E-state index contributed by atoms with van der Waals surface area (Å²) in [5.74, 6) is 0.627. The zero-order valence-corrected chi connectivity index (χ0v) is 11.8. The van der Waals surface area contributed by atoms with Crippen LogP contribution in [0.1, 0.15) is 26.3 Å². The van der Waals surface area contributed by atoms with Crippen molar-refractivity contribution in [1.82, 2.24) is 0 Å². The van der Waals surface area contributed by atoms with Crippen molar-refractivity contribution in [2.75, 3.05) is 19.0 Å². The molecule has 2 N–H and O–H groups in total. The Kier molecular flexibility index (Phi) is 5.18. The lowest BCUT2D eigenvalue weighted by molar-refractivity contribution is 0.0635. The number of aliphatic hydroxyl groups excluding tert-OH is 1. The predicted molar refractivity (Wildman–Crippen MR) is 73.6 cm³/mol. The van der Waals surface area contributed by atoms with Crippen molar-refractivity contribution in [2.24, 2.45) is 0 Å². The van der Waals surface area contributed by atoms with E-state index in [1.165, 1.54) is 0 Å². The van der Waals surface area contributed by atoms with Gasteiger partial charge in [-0.1, -0.05) is 6.07 Å². The van der Waals surface area contributed by atoms with Crippen molar-refractivity contribution in [1.29, 1.82) is 0 Å². The first-order valence-electron chi connectivity index (χ1n) is 6.14. The Hall–Kier alpha value is -1.75. The van der Waals surface area contributed by atoms with E-state index in [-0.39, 0.29) is 6.61 Å². The number of rotatable bonds is 4. The minimum Gasteiger partial charge on any atom is -0.496 e. The maximum Gasteiger partial charge on any atom is 0.412 e. The number of carbonyl (C=O) groups excluding carboxylic acids is 1. The van der Waals surface area contributed by atoms with Crippen LogP contribution in [-0.2, 0) is 11.2 Å². The zero-order chi connectivity index (χ0) is 14.5. The molecule has 106 valence electrons. The van der Waals surface area contributed by atoms with Gasteiger partial charge in [-0.05, 0) is 32.9 Å².